The summed E-state index contributed by atoms with van der Waals surface area (Å²) < 4.78 is 39.9. The largest absolute Gasteiger partial charge is 0.478 e. The Kier molecular flexibility index (Phi) is 8.51. The van der Waals surface area contributed by atoms with E-state index < -0.39 is 47.2 Å². The number of halogens is 4. The number of hydrogen-bond donors (Lipinski definition) is 4. The average Bonchev–Trinajstić information content (AvgIpc) is 2.83. The highest BCUT2D eigenvalue weighted by Gasteiger charge is 2.35. The van der Waals surface area contributed by atoms with Crippen LogP contribution in [-0.4, -0.2) is 34.8 Å². The van der Waals surface area contributed by atoms with Crippen molar-refractivity contribution in [2.45, 2.75) is 18.6 Å². The molecule has 1 unspecified atom stereocenters. The standard InChI is InChI=1S/C25H19ClF3N3O5/c26-15-10-11-17(25(27,28)29)19(13-15)31-22(34)23(35)32-20(12-14-6-2-1-3-7-14)21(33)30-18-9-5-4-8-16(18)24(36)37/h1-11,13,20H,12H2,(H,30,33)(H,31,34)(H,32,35)(H,36,37). The zero-order valence-electron chi connectivity index (χ0n) is 18.8. The number of aromatic carboxylic acids is 1. The molecule has 0 aromatic heterocycles. The Morgan fingerprint density at radius 1 is 0.838 bits per heavy atom. The molecule has 0 aliphatic carbocycles. The lowest BCUT2D eigenvalue weighted by Crippen LogP contribution is -2.49. The molecule has 0 spiro atoms. The Labute approximate surface area is 213 Å². The van der Waals surface area contributed by atoms with E-state index in [1.54, 1.807) is 30.3 Å². The molecule has 0 aliphatic rings. The number of carbonyl (C=O) groups excluding carboxylic acids is 3. The van der Waals surface area contributed by atoms with Crippen molar-refractivity contribution in [1.82, 2.24) is 5.32 Å². The number of rotatable bonds is 7. The maximum absolute atomic E-state index is 13.3. The van der Waals surface area contributed by atoms with Gasteiger partial charge in [-0.1, -0.05) is 54.1 Å². The first kappa shape index (κ1) is 27.2. The summed E-state index contributed by atoms with van der Waals surface area (Å²) in [6.07, 6.45) is -4.94. The molecule has 192 valence electrons. The van der Waals surface area contributed by atoms with Crippen LogP contribution in [0.2, 0.25) is 5.02 Å². The third-order valence-electron chi connectivity index (χ3n) is 5.06. The summed E-state index contributed by atoms with van der Waals surface area (Å²) in [6.45, 7) is 0. The Bertz CT molecular complexity index is 1330. The molecule has 4 N–H and O–H groups in total. The van der Waals surface area contributed by atoms with Gasteiger partial charge in [-0.15, -0.1) is 0 Å². The first-order valence-electron chi connectivity index (χ1n) is 10.6. The number of nitrogens with one attached hydrogen (secondary N) is 3. The zero-order chi connectivity index (χ0) is 27.2. The number of carboxylic acid groups (broad SMARTS) is 1. The monoisotopic (exact) mass is 533 g/mol. The number of carboxylic acids is 1. The van der Waals surface area contributed by atoms with Crippen molar-refractivity contribution < 1.29 is 37.5 Å². The Morgan fingerprint density at radius 2 is 1.49 bits per heavy atom. The van der Waals surface area contributed by atoms with E-state index in [2.05, 4.69) is 10.6 Å². The fourth-order valence-corrected chi connectivity index (χ4v) is 3.50. The Hall–Kier alpha value is -4.38. The van der Waals surface area contributed by atoms with Gasteiger partial charge in [0.15, 0.2) is 0 Å². The topological polar surface area (TPSA) is 125 Å². The van der Waals surface area contributed by atoms with E-state index in [1.165, 1.54) is 24.3 Å². The predicted octanol–water partition coefficient (Wildman–Crippen LogP) is 4.36. The number of carbonyl (C=O) groups is 4. The molecule has 0 bridgehead atoms. The number of hydrogen-bond acceptors (Lipinski definition) is 4. The summed E-state index contributed by atoms with van der Waals surface area (Å²) in [5.74, 6) is -5.02. The molecule has 12 heteroatoms. The number of alkyl halides is 3. The van der Waals surface area contributed by atoms with Crippen LogP contribution in [0.4, 0.5) is 24.5 Å². The molecule has 3 aromatic rings. The van der Waals surface area contributed by atoms with E-state index in [0.717, 1.165) is 12.1 Å². The van der Waals surface area contributed by atoms with Gasteiger partial charge >= 0.3 is 24.0 Å². The highest BCUT2D eigenvalue weighted by molar-refractivity contribution is 6.40. The van der Waals surface area contributed by atoms with E-state index in [1.807, 2.05) is 5.32 Å². The summed E-state index contributed by atoms with van der Waals surface area (Å²) in [5.41, 5.74) is -1.63. The summed E-state index contributed by atoms with van der Waals surface area (Å²) in [6, 6.07) is 15.0. The van der Waals surface area contributed by atoms with Crippen LogP contribution in [0.3, 0.4) is 0 Å². The minimum absolute atomic E-state index is 0.0505. The molecule has 0 fully saturated rings. The lowest BCUT2D eigenvalue weighted by atomic mass is 10.0. The third-order valence-corrected chi connectivity index (χ3v) is 5.30. The van der Waals surface area contributed by atoms with Gasteiger partial charge in [0.05, 0.1) is 22.5 Å². The van der Waals surface area contributed by atoms with Crippen LogP contribution in [0.1, 0.15) is 21.5 Å². The van der Waals surface area contributed by atoms with Crippen LogP contribution in [0, 0.1) is 0 Å². The fourth-order valence-electron chi connectivity index (χ4n) is 3.33. The van der Waals surface area contributed by atoms with Crippen molar-refractivity contribution in [3.63, 3.8) is 0 Å². The van der Waals surface area contributed by atoms with E-state index in [4.69, 9.17) is 11.6 Å². The van der Waals surface area contributed by atoms with E-state index in [0.29, 0.717) is 11.6 Å². The van der Waals surface area contributed by atoms with Gasteiger partial charge in [-0.05, 0) is 35.9 Å². The van der Waals surface area contributed by atoms with Gasteiger partial charge in [0, 0.05) is 11.4 Å². The van der Waals surface area contributed by atoms with Gasteiger partial charge in [0.1, 0.15) is 6.04 Å². The van der Waals surface area contributed by atoms with Crippen LogP contribution in [0.5, 0.6) is 0 Å². The van der Waals surface area contributed by atoms with Gasteiger partial charge in [-0.2, -0.15) is 13.2 Å². The highest BCUT2D eigenvalue weighted by Crippen LogP contribution is 2.36. The molecule has 0 heterocycles. The maximum atomic E-state index is 13.3. The SMILES string of the molecule is O=C(Nc1cc(Cl)ccc1C(F)(F)F)C(=O)NC(Cc1ccccc1)C(=O)Nc1ccccc1C(=O)O. The molecule has 0 saturated carbocycles. The van der Waals surface area contributed by atoms with Crippen LogP contribution < -0.4 is 16.0 Å². The predicted molar refractivity (Wildman–Crippen MR) is 129 cm³/mol. The minimum Gasteiger partial charge on any atom is -0.478 e. The van der Waals surface area contributed by atoms with Crippen LogP contribution in [-0.2, 0) is 27.0 Å². The first-order valence-corrected chi connectivity index (χ1v) is 11.0. The second kappa shape index (κ2) is 11.6. The van der Waals surface area contributed by atoms with Crippen molar-refractivity contribution in [1.29, 1.82) is 0 Å². The molecule has 3 aromatic carbocycles. The Balaban J connectivity index is 1.83. The van der Waals surface area contributed by atoms with Crippen molar-refractivity contribution in [3.8, 4) is 0 Å². The zero-order valence-corrected chi connectivity index (χ0v) is 19.6. The molecular weight excluding hydrogens is 515 g/mol. The van der Waals surface area contributed by atoms with Crippen LogP contribution in [0.25, 0.3) is 0 Å². The number of para-hydroxylation sites is 1. The van der Waals surface area contributed by atoms with E-state index in [9.17, 15) is 37.5 Å². The molecule has 8 nitrogen and oxygen atoms in total. The van der Waals surface area contributed by atoms with E-state index >= 15 is 0 Å². The van der Waals surface area contributed by atoms with Crippen molar-refractivity contribution in [3.05, 3.63) is 94.5 Å². The van der Waals surface area contributed by atoms with Gasteiger partial charge in [-0.25, -0.2) is 4.79 Å². The molecule has 3 rings (SSSR count). The maximum Gasteiger partial charge on any atom is 0.418 e. The number of anilines is 2. The lowest BCUT2D eigenvalue weighted by Gasteiger charge is -2.20. The van der Waals surface area contributed by atoms with Crippen LogP contribution in [0.15, 0.2) is 72.8 Å². The molecule has 3 amide bonds. The summed E-state index contributed by atoms with van der Waals surface area (Å²) in [5, 5.41) is 15.7. The van der Waals surface area contributed by atoms with Gasteiger partial charge in [0.25, 0.3) is 0 Å². The summed E-state index contributed by atoms with van der Waals surface area (Å²) in [7, 11) is 0. The molecular formula is C25H19ClF3N3O5. The van der Waals surface area contributed by atoms with E-state index in [-0.39, 0.29) is 22.7 Å². The molecule has 0 saturated heterocycles. The molecule has 37 heavy (non-hydrogen) atoms. The molecule has 1 atom stereocenters. The van der Waals surface area contributed by atoms with Gasteiger partial charge < -0.3 is 21.1 Å². The quantitative estimate of drug-likeness (QED) is 0.336. The normalized spacial score (nSPS) is 11.8. The summed E-state index contributed by atoms with van der Waals surface area (Å²) >= 11 is 5.74. The first-order chi connectivity index (χ1) is 17.5. The van der Waals surface area contributed by atoms with Gasteiger partial charge in [0.2, 0.25) is 5.91 Å². The molecule has 0 radical (unpaired) electrons. The highest BCUT2D eigenvalue weighted by atomic mass is 35.5. The smallest absolute Gasteiger partial charge is 0.418 e. The molecule has 0 aliphatic heterocycles. The van der Waals surface area contributed by atoms with Crippen molar-refractivity contribution >= 4 is 46.7 Å². The minimum atomic E-state index is -4.84. The third kappa shape index (κ3) is 7.31. The lowest BCUT2D eigenvalue weighted by molar-refractivity contribution is -0.138. The van der Waals surface area contributed by atoms with Crippen molar-refractivity contribution in [2.75, 3.05) is 10.6 Å². The number of amides is 3. The average molecular weight is 534 g/mol. The number of benzene rings is 3. The fraction of sp³-hybridized carbons (Fsp3) is 0.120. The Morgan fingerprint density at radius 3 is 2.14 bits per heavy atom. The summed E-state index contributed by atoms with van der Waals surface area (Å²) in [4.78, 5) is 49.6. The second-order valence-electron chi connectivity index (χ2n) is 7.70. The van der Waals surface area contributed by atoms with Crippen molar-refractivity contribution in [2.24, 2.45) is 0 Å². The van der Waals surface area contributed by atoms with Gasteiger partial charge in [-0.3, -0.25) is 14.4 Å². The second-order valence-corrected chi connectivity index (χ2v) is 8.13. The van der Waals surface area contributed by atoms with Crippen LogP contribution >= 0.6 is 11.6 Å².